The molecule has 0 bridgehead atoms. The summed E-state index contributed by atoms with van der Waals surface area (Å²) in [5.41, 5.74) is 1.67. The lowest BCUT2D eigenvalue weighted by molar-refractivity contribution is -0.0180. The number of hydrogen-bond donors (Lipinski definition) is 0. The first kappa shape index (κ1) is 13.6. The molecule has 1 rings (SSSR count). The highest BCUT2D eigenvalue weighted by atomic mass is 16.5. The van der Waals surface area contributed by atoms with Gasteiger partial charge >= 0.3 is 0 Å². The van der Waals surface area contributed by atoms with E-state index in [9.17, 15) is 0 Å². The van der Waals surface area contributed by atoms with Gasteiger partial charge in [-0.05, 0) is 56.9 Å². The molecule has 1 aliphatic rings. The molecule has 94 valence electrons. The van der Waals surface area contributed by atoms with E-state index in [1.54, 1.807) is 0 Å². The topological polar surface area (TPSA) is 18.5 Å². The molecule has 2 nitrogen and oxygen atoms in total. The van der Waals surface area contributed by atoms with Gasteiger partial charge in [-0.2, -0.15) is 0 Å². The van der Waals surface area contributed by atoms with E-state index in [0.29, 0.717) is 5.41 Å². The van der Waals surface area contributed by atoms with Crippen molar-refractivity contribution >= 4 is 0 Å². The van der Waals surface area contributed by atoms with Gasteiger partial charge in [0.15, 0.2) is 0 Å². The highest BCUT2D eigenvalue weighted by molar-refractivity contribution is 4.86. The van der Waals surface area contributed by atoms with E-state index in [-0.39, 0.29) is 0 Å². The normalized spacial score (nSPS) is 25.2. The van der Waals surface area contributed by atoms with Crippen LogP contribution in [-0.2, 0) is 9.47 Å². The molecule has 0 saturated carbocycles. The monoisotopic (exact) mass is 226 g/mol. The van der Waals surface area contributed by atoms with Crippen molar-refractivity contribution in [3.63, 3.8) is 0 Å². The van der Waals surface area contributed by atoms with Crippen molar-refractivity contribution in [2.24, 2.45) is 5.41 Å². The molecule has 0 amide bonds. The Morgan fingerprint density at radius 2 is 2.25 bits per heavy atom. The minimum Gasteiger partial charge on any atom is -0.501 e. The summed E-state index contributed by atoms with van der Waals surface area (Å²) in [6, 6.07) is 0. The lowest BCUT2D eigenvalue weighted by Gasteiger charge is -2.36. The zero-order valence-electron chi connectivity index (χ0n) is 11.1. The summed E-state index contributed by atoms with van der Waals surface area (Å²) in [4.78, 5) is 0. The SMILES string of the molecule is CCC1(CCCOC=C(C)C)CCCOC1. The minimum atomic E-state index is 0.437. The van der Waals surface area contributed by atoms with Crippen molar-refractivity contribution in [1.82, 2.24) is 0 Å². The highest BCUT2D eigenvalue weighted by Gasteiger charge is 2.30. The average molecular weight is 226 g/mol. The summed E-state index contributed by atoms with van der Waals surface area (Å²) in [6.45, 7) is 9.14. The highest BCUT2D eigenvalue weighted by Crippen LogP contribution is 2.36. The third-order valence-corrected chi connectivity index (χ3v) is 3.44. The van der Waals surface area contributed by atoms with E-state index in [0.717, 1.165) is 26.2 Å². The van der Waals surface area contributed by atoms with E-state index in [4.69, 9.17) is 9.47 Å². The second-order valence-electron chi connectivity index (χ2n) is 5.18. The van der Waals surface area contributed by atoms with Crippen LogP contribution >= 0.6 is 0 Å². The molecular weight excluding hydrogens is 200 g/mol. The predicted octanol–water partition coefficient (Wildman–Crippen LogP) is 3.91. The van der Waals surface area contributed by atoms with Gasteiger partial charge in [-0.25, -0.2) is 0 Å². The maximum absolute atomic E-state index is 5.62. The van der Waals surface area contributed by atoms with Crippen LogP contribution in [0.5, 0.6) is 0 Å². The third kappa shape index (κ3) is 4.56. The van der Waals surface area contributed by atoms with Gasteiger partial charge in [0.25, 0.3) is 0 Å². The Bertz CT molecular complexity index is 211. The fourth-order valence-corrected chi connectivity index (χ4v) is 2.32. The van der Waals surface area contributed by atoms with Gasteiger partial charge < -0.3 is 9.47 Å². The number of rotatable bonds is 6. The minimum absolute atomic E-state index is 0.437. The van der Waals surface area contributed by atoms with Crippen LogP contribution < -0.4 is 0 Å². The predicted molar refractivity (Wildman–Crippen MR) is 67.4 cm³/mol. The molecule has 0 spiro atoms. The van der Waals surface area contributed by atoms with Gasteiger partial charge in [-0.1, -0.05) is 6.92 Å². The van der Waals surface area contributed by atoms with Crippen molar-refractivity contribution in [1.29, 1.82) is 0 Å². The summed E-state index contributed by atoms with van der Waals surface area (Å²) in [5, 5.41) is 0. The zero-order chi connectivity index (χ0) is 11.9. The van der Waals surface area contributed by atoms with E-state index in [1.165, 1.54) is 31.3 Å². The molecule has 0 radical (unpaired) electrons. The molecule has 0 N–H and O–H groups in total. The molecule has 1 fully saturated rings. The van der Waals surface area contributed by atoms with Crippen LogP contribution in [0, 0.1) is 5.41 Å². The first-order valence-corrected chi connectivity index (χ1v) is 6.51. The van der Waals surface area contributed by atoms with Crippen LogP contribution in [-0.4, -0.2) is 19.8 Å². The second kappa shape index (κ2) is 6.95. The van der Waals surface area contributed by atoms with Gasteiger partial charge in [0.1, 0.15) is 0 Å². The first-order chi connectivity index (χ1) is 7.68. The lowest BCUT2D eigenvalue weighted by atomic mass is 9.76. The van der Waals surface area contributed by atoms with Crippen LogP contribution in [0.1, 0.15) is 52.9 Å². The molecule has 0 aromatic heterocycles. The van der Waals surface area contributed by atoms with Gasteiger partial charge in [0.05, 0.1) is 19.5 Å². The third-order valence-electron chi connectivity index (χ3n) is 3.44. The molecule has 1 atom stereocenters. The zero-order valence-corrected chi connectivity index (χ0v) is 11.1. The molecule has 16 heavy (non-hydrogen) atoms. The van der Waals surface area contributed by atoms with Gasteiger partial charge in [0.2, 0.25) is 0 Å². The first-order valence-electron chi connectivity index (χ1n) is 6.51. The fourth-order valence-electron chi connectivity index (χ4n) is 2.32. The van der Waals surface area contributed by atoms with E-state index in [1.807, 2.05) is 6.26 Å². The summed E-state index contributed by atoms with van der Waals surface area (Å²) in [7, 11) is 0. The Balaban J connectivity index is 2.20. The lowest BCUT2D eigenvalue weighted by Crippen LogP contribution is -2.31. The number of allylic oxidation sites excluding steroid dienone is 1. The van der Waals surface area contributed by atoms with Gasteiger partial charge in [-0.3, -0.25) is 0 Å². The van der Waals surface area contributed by atoms with E-state index < -0.39 is 0 Å². The largest absolute Gasteiger partial charge is 0.501 e. The maximum atomic E-state index is 5.62. The molecular formula is C14H26O2. The molecule has 0 aliphatic carbocycles. The summed E-state index contributed by atoms with van der Waals surface area (Å²) in [5.74, 6) is 0. The Kier molecular flexibility index (Phi) is 5.89. The molecule has 1 aliphatic heterocycles. The van der Waals surface area contributed by atoms with Gasteiger partial charge in [0, 0.05) is 6.61 Å². The number of ether oxygens (including phenoxy) is 2. The van der Waals surface area contributed by atoms with Crippen molar-refractivity contribution in [3.8, 4) is 0 Å². The smallest absolute Gasteiger partial charge is 0.0873 e. The molecule has 1 heterocycles. The van der Waals surface area contributed by atoms with E-state index in [2.05, 4.69) is 20.8 Å². The molecule has 2 heteroatoms. The summed E-state index contributed by atoms with van der Waals surface area (Å²) in [6.07, 6.45) is 8.02. The summed E-state index contributed by atoms with van der Waals surface area (Å²) < 4.78 is 11.1. The molecule has 1 unspecified atom stereocenters. The molecule has 1 saturated heterocycles. The second-order valence-corrected chi connectivity index (χ2v) is 5.18. The standard InChI is InChI=1S/C14H26O2/c1-4-14(8-6-10-16-12-14)7-5-9-15-11-13(2)3/h11H,4-10,12H2,1-3H3. The molecule has 0 aromatic rings. The van der Waals surface area contributed by atoms with Crippen LogP contribution in [0.15, 0.2) is 11.8 Å². The Morgan fingerprint density at radius 1 is 1.44 bits per heavy atom. The Morgan fingerprint density at radius 3 is 2.81 bits per heavy atom. The maximum Gasteiger partial charge on any atom is 0.0873 e. The van der Waals surface area contributed by atoms with E-state index >= 15 is 0 Å². The number of hydrogen-bond acceptors (Lipinski definition) is 2. The van der Waals surface area contributed by atoms with Gasteiger partial charge in [-0.15, -0.1) is 0 Å². The van der Waals surface area contributed by atoms with Crippen LogP contribution in [0.25, 0.3) is 0 Å². The molecule has 0 aromatic carbocycles. The van der Waals surface area contributed by atoms with Crippen molar-refractivity contribution in [2.45, 2.75) is 52.9 Å². The van der Waals surface area contributed by atoms with Crippen LogP contribution in [0.4, 0.5) is 0 Å². The Labute approximate surface area is 100 Å². The quantitative estimate of drug-likeness (QED) is 0.505. The average Bonchev–Trinajstić information content (AvgIpc) is 2.29. The van der Waals surface area contributed by atoms with Crippen molar-refractivity contribution < 1.29 is 9.47 Å². The fraction of sp³-hybridized carbons (Fsp3) is 0.857. The van der Waals surface area contributed by atoms with Crippen molar-refractivity contribution in [3.05, 3.63) is 11.8 Å². The Hall–Kier alpha value is -0.500. The van der Waals surface area contributed by atoms with Crippen LogP contribution in [0.2, 0.25) is 0 Å². The van der Waals surface area contributed by atoms with Crippen LogP contribution in [0.3, 0.4) is 0 Å². The van der Waals surface area contributed by atoms with Crippen molar-refractivity contribution in [2.75, 3.05) is 19.8 Å². The summed E-state index contributed by atoms with van der Waals surface area (Å²) >= 11 is 0.